The first-order valence-electron chi connectivity index (χ1n) is 8.01. The van der Waals surface area contributed by atoms with Gasteiger partial charge in [0, 0.05) is 5.56 Å². The molecule has 1 unspecified atom stereocenters. The molecule has 0 aliphatic rings. The zero-order valence-electron chi connectivity index (χ0n) is 13.5. The third kappa shape index (κ3) is 3.66. The summed E-state index contributed by atoms with van der Waals surface area (Å²) in [5.41, 5.74) is 2.57. The molecule has 0 fully saturated rings. The molecule has 3 rings (SSSR count). The second kappa shape index (κ2) is 7.51. The summed E-state index contributed by atoms with van der Waals surface area (Å²) in [5.74, 6) is 0.420. The van der Waals surface area contributed by atoms with Crippen LogP contribution in [0.2, 0.25) is 0 Å². The Morgan fingerprint density at radius 3 is 2.12 bits per heavy atom. The second-order valence-corrected chi connectivity index (χ2v) is 5.52. The second-order valence-electron chi connectivity index (χ2n) is 5.52. The number of amides is 1. The molecule has 1 atom stereocenters. The van der Waals surface area contributed by atoms with Gasteiger partial charge in [0.15, 0.2) is 5.82 Å². The van der Waals surface area contributed by atoms with Gasteiger partial charge in [0.05, 0.1) is 24.0 Å². The maximum Gasteiger partial charge on any atom is 0.231 e. The number of hydrogen-bond acceptors (Lipinski definition) is 3. The first-order chi connectivity index (χ1) is 11.8. The molecule has 4 nitrogen and oxygen atoms in total. The van der Waals surface area contributed by atoms with Crippen molar-refractivity contribution in [3.8, 4) is 11.4 Å². The molecule has 0 radical (unpaired) electrons. The Hall–Kier alpha value is -3.01. The van der Waals surface area contributed by atoms with Gasteiger partial charge in [-0.2, -0.15) is 0 Å². The van der Waals surface area contributed by atoms with Crippen LogP contribution >= 0.6 is 0 Å². The van der Waals surface area contributed by atoms with Gasteiger partial charge in [0.25, 0.3) is 0 Å². The van der Waals surface area contributed by atoms with Gasteiger partial charge in [-0.1, -0.05) is 67.6 Å². The van der Waals surface area contributed by atoms with Crippen molar-refractivity contribution in [3.63, 3.8) is 0 Å². The lowest BCUT2D eigenvalue weighted by molar-refractivity contribution is -0.117. The minimum absolute atomic E-state index is 0.0419. The van der Waals surface area contributed by atoms with E-state index in [0.29, 0.717) is 11.5 Å². The lowest BCUT2D eigenvalue weighted by atomic mass is 9.95. The number of carbonyl (C=O) groups is 1. The van der Waals surface area contributed by atoms with E-state index >= 15 is 0 Å². The highest BCUT2D eigenvalue weighted by atomic mass is 16.1. The molecule has 0 aliphatic heterocycles. The zero-order chi connectivity index (χ0) is 16.8. The number of aromatic nitrogens is 2. The molecule has 1 heterocycles. The number of nitrogens with one attached hydrogen (secondary N) is 1. The normalized spacial score (nSPS) is 11.7. The molecular weight excluding hydrogens is 298 g/mol. The van der Waals surface area contributed by atoms with E-state index in [4.69, 9.17) is 0 Å². The highest BCUT2D eigenvalue weighted by Crippen LogP contribution is 2.21. The van der Waals surface area contributed by atoms with Crippen molar-refractivity contribution in [2.24, 2.45) is 0 Å². The molecule has 0 spiro atoms. The molecule has 120 valence electrons. The lowest BCUT2D eigenvalue weighted by Crippen LogP contribution is -2.20. The number of nitrogens with zero attached hydrogens (tertiary/aromatic N) is 2. The van der Waals surface area contributed by atoms with Crippen molar-refractivity contribution >= 4 is 11.6 Å². The summed E-state index contributed by atoms with van der Waals surface area (Å²) in [7, 11) is 0. The maximum atomic E-state index is 12.5. The van der Waals surface area contributed by atoms with E-state index in [0.717, 1.165) is 17.5 Å². The van der Waals surface area contributed by atoms with Gasteiger partial charge in [-0.25, -0.2) is 9.97 Å². The first kappa shape index (κ1) is 15.9. The van der Waals surface area contributed by atoms with Crippen molar-refractivity contribution < 1.29 is 4.79 Å². The number of rotatable bonds is 5. The van der Waals surface area contributed by atoms with Crippen LogP contribution in [-0.4, -0.2) is 15.9 Å². The van der Waals surface area contributed by atoms with Crippen molar-refractivity contribution in [2.75, 3.05) is 5.32 Å². The summed E-state index contributed by atoms with van der Waals surface area (Å²) in [4.78, 5) is 21.2. The predicted molar refractivity (Wildman–Crippen MR) is 95.6 cm³/mol. The highest BCUT2D eigenvalue weighted by molar-refractivity contribution is 5.95. The highest BCUT2D eigenvalue weighted by Gasteiger charge is 2.18. The van der Waals surface area contributed by atoms with E-state index < -0.39 is 0 Å². The Kier molecular flexibility index (Phi) is 4.96. The Morgan fingerprint density at radius 2 is 1.54 bits per heavy atom. The molecule has 3 aromatic rings. The fraction of sp³-hybridized carbons (Fsp3) is 0.150. The van der Waals surface area contributed by atoms with Crippen LogP contribution in [0.15, 0.2) is 73.1 Å². The Labute approximate surface area is 141 Å². The Balaban J connectivity index is 1.72. The Bertz CT molecular complexity index is 786. The molecule has 0 saturated heterocycles. The average molecular weight is 317 g/mol. The molecule has 0 aliphatic carbocycles. The van der Waals surface area contributed by atoms with Crippen molar-refractivity contribution in [3.05, 3.63) is 78.6 Å². The summed E-state index contributed by atoms with van der Waals surface area (Å²) in [6.45, 7) is 2.01. The lowest BCUT2D eigenvalue weighted by Gasteiger charge is -2.15. The minimum atomic E-state index is -0.181. The maximum absolute atomic E-state index is 12.5. The third-order valence-corrected chi connectivity index (χ3v) is 3.88. The molecular formula is C20H19N3O. The summed E-state index contributed by atoms with van der Waals surface area (Å²) in [6.07, 6.45) is 4.02. The van der Waals surface area contributed by atoms with Gasteiger partial charge in [0.2, 0.25) is 5.91 Å². The molecule has 2 aromatic carbocycles. The smallest absolute Gasteiger partial charge is 0.231 e. The molecule has 4 heteroatoms. The molecule has 0 saturated carbocycles. The summed E-state index contributed by atoms with van der Waals surface area (Å²) < 4.78 is 0. The van der Waals surface area contributed by atoms with Crippen LogP contribution in [0.3, 0.4) is 0 Å². The van der Waals surface area contributed by atoms with Crippen LogP contribution < -0.4 is 5.32 Å². The van der Waals surface area contributed by atoms with E-state index in [1.165, 1.54) is 0 Å². The van der Waals surface area contributed by atoms with Crippen molar-refractivity contribution in [1.82, 2.24) is 9.97 Å². The predicted octanol–water partition coefficient (Wildman–Crippen LogP) is 4.28. The van der Waals surface area contributed by atoms with Crippen molar-refractivity contribution in [1.29, 1.82) is 0 Å². The molecule has 1 aromatic heterocycles. The molecule has 24 heavy (non-hydrogen) atoms. The number of carbonyl (C=O) groups excluding carboxylic acids is 1. The summed E-state index contributed by atoms with van der Waals surface area (Å²) in [5, 5.41) is 2.91. The SMILES string of the molecule is CCC(C(=O)Nc1cnc(-c2ccccc2)nc1)c1ccccc1. The summed E-state index contributed by atoms with van der Waals surface area (Å²) >= 11 is 0. The average Bonchev–Trinajstić information content (AvgIpc) is 2.64. The van der Waals surface area contributed by atoms with Gasteiger partial charge in [0.1, 0.15) is 0 Å². The Morgan fingerprint density at radius 1 is 0.958 bits per heavy atom. The van der Waals surface area contributed by atoms with Crippen LogP contribution in [0.4, 0.5) is 5.69 Å². The van der Waals surface area contributed by atoms with Crippen LogP contribution in [-0.2, 0) is 4.79 Å². The monoisotopic (exact) mass is 317 g/mol. The topological polar surface area (TPSA) is 54.9 Å². The van der Waals surface area contributed by atoms with E-state index in [1.807, 2.05) is 67.6 Å². The minimum Gasteiger partial charge on any atom is -0.323 e. The van der Waals surface area contributed by atoms with Crippen LogP contribution in [0, 0.1) is 0 Å². The molecule has 1 amide bonds. The number of benzene rings is 2. The van der Waals surface area contributed by atoms with E-state index in [9.17, 15) is 4.79 Å². The van der Waals surface area contributed by atoms with Gasteiger partial charge >= 0.3 is 0 Å². The fourth-order valence-electron chi connectivity index (χ4n) is 2.62. The van der Waals surface area contributed by atoms with E-state index in [-0.39, 0.29) is 11.8 Å². The van der Waals surface area contributed by atoms with E-state index in [1.54, 1.807) is 12.4 Å². The van der Waals surface area contributed by atoms with Crippen LogP contribution in [0.1, 0.15) is 24.8 Å². The van der Waals surface area contributed by atoms with Gasteiger partial charge in [-0.05, 0) is 12.0 Å². The number of anilines is 1. The van der Waals surface area contributed by atoms with Crippen LogP contribution in [0.25, 0.3) is 11.4 Å². The number of hydrogen-bond donors (Lipinski definition) is 1. The quantitative estimate of drug-likeness (QED) is 0.764. The van der Waals surface area contributed by atoms with Gasteiger partial charge in [-0.3, -0.25) is 4.79 Å². The van der Waals surface area contributed by atoms with Gasteiger partial charge < -0.3 is 5.32 Å². The third-order valence-electron chi connectivity index (χ3n) is 3.88. The largest absolute Gasteiger partial charge is 0.323 e. The van der Waals surface area contributed by atoms with E-state index in [2.05, 4.69) is 15.3 Å². The molecule has 1 N–H and O–H groups in total. The zero-order valence-corrected chi connectivity index (χ0v) is 13.5. The standard InChI is InChI=1S/C20H19N3O/c1-2-18(15-9-5-3-6-10-15)20(24)23-17-13-21-19(22-14-17)16-11-7-4-8-12-16/h3-14,18H,2H2,1H3,(H,23,24). The summed E-state index contributed by atoms with van der Waals surface area (Å²) in [6, 6.07) is 19.5. The first-order valence-corrected chi connectivity index (χ1v) is 8.01. The molecule has 0 bridgehead atoms. The van der Waals surface area contributed by atoms with Crippen LogP contribution in [0.5, 0.6) is 0 Å². The fourth-order valence-corrected chi connectivity index (χ4v) is 2.62. The van der Waals surface area contributed by atoms with Gasteiger partial charge in [-0.15, -0.1) is 0 Å². The van der Waals surface area contributed by atoms with Crippen molar-refractivity contribution in [2.45, 2.75) is 19.3 Å².